The predicted octanol–water partition coefficient (Wildman–Crippen LogP) is 0.568. The molecule has 0 spiro atoms. The molecule has 0 fully saturated rings. The van der Waals surface area contributed by atoms with Gasteiger partial charge in [0.2, 0.25) is 0 Å². The van der Waals surface area contributed by atoms with E-state index in [-0.39, 0.29) is 18.6 Å². The number of carbonyl (C=O) groups excluding carboxylic acids is 1. The number of rotatable bonds is 3. The first kappa shape index (κ1) is 11.7. The first-order chi connectivity index (χ1) is 8.22. The molecule has 1 atom stereocenters. The van der Waals surface area contributed by atoms with Gasteiger partial charge < -0.3 is 19.9 Å². The zero-order chi connectivity index (χ0) is 12.3. The van der Waals surface area contributed by atoms with Gasteiger partial charge in [0.25, 0.3) is 5.91 Å². The lowest BCUT2D eigenvalue weighted by atomic mass is 10.1. The minimum Gasteiger partial charge on any atom is -0.486 e. The summed E-state index contributed by atoms with van der Waals surface area (Å²) in [6.45, 7) is 2.56. The second kappa shape index (κ2) is 5.05. The van der Waals surface area contributed by atoms with E-state index in [1.165, 1.54) is 0 Å². The van der Waals surface area contributed by atoms with Gasteiger partial charge in [-0.1, -0.05) is 6.07 Å². The number of aliphatic hydroxyl groups is 1. The van der Waals surface area contributed by atoms with E-state index in [0.29, 0.717) is 30.3 Å². The first-order valence-corrected chi connectivity index (χ1v) is 5.52. The van der Waals surface area contributed by atoms with E-state index in [2.05, 4.69) is 5.32 Å². The maximum absolute atomic E-state index is 11.9. The largest absolute Gasteiger partial charge is 0.486 e. The second-order valence-corrected chi connectivity index (χ2v) is 3.89. The van der Waals surface area contributed by atoms with Crippen LogP contribution in [0.4, 0.5) is 0 Å². The summed E-state index contributed by atoms with van der Waals surface area (Å²) in [5.41, 5.74) is 0.433. The maximum atomic E-state index is 11.9. The molecule has 2 N–H and O–H groups in total. The smallest absolute Gasteiger partial charge is 0.255 e. The number of nitrogens with one attached hydrogen (secondary N) is 1. The van der Waals surface area contributed by atoms with Crippen molar-refractivity contribution in [2.24, 2.45) is 0 Å². The Hall–Kier alpha value is -1.75. The van der Waals surface area contributed by atoms with Gasteiger partial charge in [-0.25, -0.2) is 0 Å². The molecule has 5 nitrogen and oxygen atoms in total. The van der Waals surface area contributed by atoms with Crippen molar-refractivity contribution in [2.75, 3.05) is 19.8 Å². The van der Waals surface area contributed by atoms with Crippen LogP contribution in [-0.2, 0) is 0 Å². The summed E-state index contributed by atoms with van der Waals surface area (Å²) in [6, 6.07) is 4.89. The van der Waals surface area contributed by atoms with Crippen LogP contribution in [0, 0.1) is 0 Å². The van der Waals surface area contributed by atoms with Crippen LogP contribution in [0.15, 0.2) is 18.2 Å². The van der Waals surface area contributed by atoms with Crippen molar-refractivity contribution >= 4 is 5.91 Å². The molecule has 1 aromatic rings. The van der Waals surface area contributed by atoms with E-state index in [9.17, 15) is 4.79 Å². The van der Waals surface area contributed by atoms with Crippen LogP contribution in [0.2, 0.25) is 0 Å². The molecule has 1 aliphatic heterocycles. The van der Waals surface area contributed by atoms with Crippen LogP contribution in [0.3, 0.4) is 0 Å². The summed E-state index contributed by atoms with van der Waals surface area (Å²) >= 11 is 0. The molecule has 0 unspecified atom stereocenters. The normalized spacial score (nSPS) is 15.2. The molecule has 0 bridgehead atoms. The Morgan fingerprint density at radius 3 is 3.00 bits per heavy atom. The number of hydrogen-bond donors (Lipinski definition) is 2. The van der Waals surface area contributed by atoms with Gasteiger partial charge in [-0.05, 0) is 19.1 Å². The molecule has 5 heteroatoms. The second-order valence-electron chi connectivity index (χ2n) is 3.89. The van der Waals surface area contributed by atoms with E-state index >= 15 is 0 Å². The molecular formula is C12H15NO4. The van der Waals surface area contributed by atoms with Crippen molar-refractivity contribution in [1.29, 1.82) is 0 Å². The highest BCUT2D eigenvalue weighted by molar-refractivity contribution is 5.98. The van der Waals surface area contributed by atoms with Crippen molar-refractivity contribution in [1.82, 2.24) is 5.32 Å². The van der Waals surface area contributed by atoms with Gasteiger partial charge in [-0.3, -0.25) is 4.79 Å². The molecule has 1 amide bonds. The average molecular weight is 237 g/mol. The SMILES string of the molecule is C[C@@H](CO)NC(=O)c1cccc2c1OCCO2. The number of para-hydroxylation sites is 1. The predicted molar refractivity (Wildman–Crippen MR) is 61.4 cm³/mol. The van der Waals surface area contributed by atoms with E-state index in [1.807, 2.05) is 0 Å². The Kier molecular flexibility index (Phi) is 3.49. The lowest BCUT2D eigenvalue weighted by Crippen LogP contribution is -2.35. The number of ether oxygens (including phenoxy) is 2. The Balaban J connectivity index is 2.23. The van der Waals surface area contributed by atoms with Gasteiger partial charge in [0.15, 0.2) is 11.5 Å². The van der Waals surface area contributed by atoms with Crippen LogP contribution >= 0.6 is 0 Å². The Morgan fingerprint density at radius 2 is 2.24 bits per heavy atom. The molecule has 2 rings (SSSR count). The number of aliphatic hydroxyl groups excluding tert-OH is 1. The third-order valence-corrected chi connectivity index (χ3v) is 2.46. The van der Waals surface area contributed by atoms with Crippen molar-refractivity contribution in [3.63, 3.8) is 0 Å². The van der Waals surface area contributed by atoms with Crippen molar-refractivity contribution in [2.45, 2.75) is 13.0 Å². The topological polar surface area (TPSA) is 67.8 Å². The summed E-state index contributed by atoms with van der Waals surface area (Å²) in [5, 5.41) is 11.6. The fraction of sp³-hybridized carbons (Fsp3) is 0.417. The lowest BCUT2D eigenvalue weighted by molar-refractivity contribution is 0.0911. The quantitative estimate of drug-likeness (QED) is 0.806. The summed E-state index contributed by atoms with van der Waals surface area (Å²) in [4.78, 5) is 11.9. The van der Waals surface area contributed by atoms with Crippen molar-refractivity contribution in [3.05, 3.63) is 23.8 Å². The molecular weight excluding hydrogens is 222 g/mol. The number of amides is 1. The molecule has 0 radical (unpaired) electrons. The number of hydrogen-bond acceptors (Lipinski definition) is 4. The van der Waals surface area contributed by atoms with Gasteiger partial charge in [0, 0.05) is 6.04 Å². The summed E-state index contributed by atoms with van der Waals surface area (Å²) in [6.07, 6.45) is 0. The van der Waals surface area contributed by atoms with Crippen molar-refractivity contribution in [3.8, 4) is 11.5 Å². The fourth-order valence-electron chi connectivity index (χ4n) is 1.60. The third kappa shape index (κ3) is 2.50. The molecule has 1 heterocycles. The van der Waals surface area contributed by atoms with Gasteiger partial charge in [-0.15, -0.1) is 0 Å². The van der Waals surface area contributed by atoms with E-state index in [0.717, 1.165) is 0 Å². The monoisotopic (exact) mass is 237 g/mol. The minimum absolute atomic E-state index is 0.0991. The minimum atomic E-state index is -0.289. The van der Waals surface area contributed by atoms with Gasteiger partial charge in [0.05, 0.1) is 12.2 Å². The lowest BCUT2D eigenvalue weighted by Gasteiger charge is -2.21. The van der Waals surface area contributed by atoms with Crippen LogP contribution in [-0.4, -0.2) is 36.9 Å². The molecule has 92 valence electrons. The molecule has 0 saturated heterocycles. The highest BCUT2D eigenvalue weighted by Gasteiger charge is 2.20. The number of fused-ring (bicyclic) bond motifs is 1. The molecule has 17 heavy (non-hydrogen) atoms. The van der Waals surface area contributed by atoms with Crippen LogP contribution in [0.5, 0.6) is 11.5 Å². The summed E-state index contributed by atoms with van der Waals surface area (Å²) < 4.78 is 10.8. The van der Waals surface area contributed by atoms with Gasteiger partial charge >= 0.3 is 0 Å². The van der Waals surface area contributed by atoms with Crippen molar-refractivity contribution < 1.29 is 19.4 Å². The highest BCUT2D eigenvalue weighted by Crippen LogP contribution is 2.33. The average Bonchev–Trinajstić information content (AvgIpc) is 2.37. The number of benzene rings is 1. The Morgan fingerprint density at radius 1 is 1.47 bits per heavy atom. The van der Waals surface area contributed by atoms with Gasteiger partial charge in [0.1, 0.15) is 13.2 Å². The van der Waals surface area contributed by atoms with Gasteiger partial charge in [-0.2, -0.15) is 0 Å². The molecule has 0 aromatic heterocycles. The summed E-state index contributed by atoms with van der Waals surface area (Å²) in [5.74, 6) is 0.788. The molecule has 1 aromatic carbocycles. The zero-order valence-corrected chi connectivity index (χ0v) is 9.60. The molecule has 1 aliphatic rings. The number of carbonyl (C=O) groups is 1. The van der Waals surface area contributed by atoms with E-state index in [4.69, 9.17) is 14.6 Å². The zero-order valence-electron chi connectivity index (χ0n) is 9.60. The Bertz CT molecular complexity index is 419. The Labute approximate surface area is 99.3 Å². The maximum Gasteiger partial charge on any atom is 0.255 e. The van der Waals surface area contributed by atoms with Crippen LogP contribution in [0.25, 0.3) is 0 Å². The standard InChI is InChI=1S/C12H15NO4/c1-8(7-14)13-12(15)9-3-2-4-10-11(9)17-6-5-16-10/h2-4,8,14H,5-7H2,1H3,(H,13,15)/t8-/m0/s1. The molecule has 0 aliphatic carbocycles. The third-order valence-electron chi connectivity index (χ3n) is 2.46. The highest BCUT2D eigenvalue weighted by atomic mass is 16.6. The fourth-order valence-corrected chi connectivity index (χ4v) is 1.60. The van der Waals surface area contributed by atoms with Crippen LogP contribution in [0.1, 0.15) is 17.3 Å². The van der Waals surface area contributed by atoms with Crippen LogP contribution < -0.4 is 14.8 Å². The van der Waals surface area contributed by atoms with E-state index in [1.54, 1.807) is 25.1 Å². The summed E-state index contributed by atoms with van der Waals surface area (Å²) in [7, 11) is 0. The molecule has 0 saturated carbocycles. The first-order valence-electron chi connectivity index (χ1n) is 5.52. The van der Waals surface area contributed by atoms with E-state index < -0.39 is 0 Å².